The zero-order valence-electron chi connectivity index (χ0n) is 10.5. The summed E-state index contributed by atoms with van der Waals surface area (Å²) in [5, 5.41) is 0. The summed E-state index contributed by atoms with van der Waals surface area (Å²) in [4.78, 5) is 11.6. The van der Waals surface area contributed by atoms with Gasteiger partial charge in [-0.05, 0) is 43.4 Å². The predicted octanol–water partition coefficient (Wildman–Crippen LogP) is 3.24. The second-order valence-corrected chi connectivity index (χ2v) is 6.23. The molecular formula is C15H20O2. The summed E-state index contributed by atoms with van der Waals surface area (Å²) < 4.78 is 5.46. The molecule has 3 rings (SSSR count). The second-order valence-electron chi connectivity index (χ2n) is 6.23. The van der Waals surface area contributed by atoms with Crippen molar-refractivity contribution >= 4 is 5.97 Å². The molecule has 17 heavy (non-hydrogen) atoms. The Morgan fingerprint density at radius 2 is 2.18 bits per heavy atom. The van der Waals surface area contributed by atoms with Crippen molar-refractivity contribution in [2.24, 2.45) is 17.3 Å². The Morgan fingerprint density at radius 3 is 2.94 bits per heavy atom. The smallest absolute Gasteiger partial charge is 0.334 e. The molecule has 0 radical (unpaired) electrons. The molecular weight excluding hydrogens is 212 g/mol. The number of ether oxygens (including phenoxy) is 1. The minimum atomic E-state index is -0.173. The molecule has 4 atom stereocenters. The number of hydrogen-bond donors (Lipinski definition) is 0. The van der Waals surface area contributed by atoms with Crippen LogP contribution in [0.3, 0.4) is 0 Å². The van der Waals surface area contributed by atoms with E-state index in [9.17, 15) is 4.79 Å². The fraction of sp³-hybridized carbons (Fsp3) is 0.667. The van der Waals surface area contributed by atoms with Crippen LogP contribution in [-0.2, 0) is 9.53 Å². The Bertz CT molecular complexity index is 409. The topological polar surface area (TPSA) is 26.3 Å². The van der Waals surface area contributed by atoms with E-state index in [-0.39, 0.29) is 18.0 Å². The minimum Gasteiger partial charge on any atom is -0.458 e. The monoisotopic (exact) mass is 232 g/mol. The normalized spacial score (nSPS) is 45.2. The van der Waals surface area contributed by atoms with Crippen LogP contribution in [0.4, 0.5) is 0 Å². The summed E-state index contributed by atoms with van der Waals surface area (Å²) in [6.07, 6.45) is 5.72. The van der Waals surface area contributed by atoms with Gasteiger partial charge in [-0.1, -0.05) is 25.7 Å². The summed E-state index contributed by atoms with van der Waals surface area (Å²) in [6, 6.07) is 0. The van der Waals surface area contributed by atoms with Crippen molar-refractivity contribution in [2.75, 3.05) is 0 Å². The Labute approximate surface area is 103 Å². The fourth-order valence-electron chi connectivity index (χ4n) is 4.12. The molecule has 1 heterocycles. The van der Waals surface area contributed by atoms with E-state index in [1.54, 1.807) is 0 Å². The lowest BCUT2D eigenvalue weighted by atomic mass is 9.56. The Morgan fingerprint density at radius 1 is 1.41 bits per heavy atom. The van der Waals surface area contributed by atoms with Gasteiger partial charge in [-0.2, -0.15) is 0 Å². The van der Waals surface area contributed by atoms with Crippen molar-refractivity contribution < 1.29 is 9.53 Å². The van der Waals surface area contributed by atoms with Gasteiger partial charge >= 0.3 is 5.97 Å². The third-order valence-electron chi connectivity index (χ3n) is 5.15. The van der Waals surface area contributed by atoms with E-state index in [1.807, 2.05) is 0 Å². The van der Waals surface area contributed by atoms with Gasteiger partial charge in [0.15, 0.2) is 0 Å². The molecule has 3 aliphatic rings. The average Bonchev–Trinajstić information content (AvgIpc) is 2.52. The van der Waals surface area contributed by atoms with Crippen LogP contribution in [0.1, 0.15) is 39.0 Å². The first-order chi connectivity index (χ1) is 8.01. The summed E-state index contributed by atoms with van der Waals surface area (Å²) in [5.41, 5.74) is 2.36. The third-order valence-corrected chi connectivity index (χ3v) is 5.15. The zero-order valence-corrected chi connectivity index (χ0v) is 10.5. The van der Waals surface area contributed by atoms with Crippen molar-refractivity contribution in [3.63, 3.8) is 0 Å². The highest BCUT2D eigenvalue weighted by molar-refractivity contribution is 5.90. The number of esters is 1. The van der Waals surface area contributed by atoms with Crippen molar-refractivity contribution in [3.8, 4) is 0 Å². The van der Waals surface area contributed by atoms with Crippen molar-refractivity contribution in [1.29, 1.82) is 0 Å². The highest BCUT2D eigenvalue weighted by Gasteiger charge is 2.52. The van der Waals surface area contributed by atoms with Crippen molar-refractivity contribution in [1.82, 2.24) is 0 Å². The molecule has 1 saturated heterocycles. The van der Waals surface area contributed by atoms with Gasteiger partial charge in [0.05, 0.1) is 0 Å². The van der Waals surface area contributed by atoms with E-state index >= 15 is 0 Å². The highest BCUT2D eigenvalue weighted by Crippen LogP contribution is 2.56. The van der Waals surface area contributed by atoms with Gasteiger partial charge in [-0.25, -0.2) is 4.79 Å². The minimum absolute atomic E-state index is 0.0853. The van der Waals surface area contributed by atoms with E-state index in [1.165, 1.54) is 18.4 Å². The molecule has 0 bridgehead atoms. The predicted molar refractivity (Wildman–Crippen MR) is 66.3 cm³/mol. The highest BCUT2D eigenvalue weighted by atomic mass is 16.6. The van der Waals surface area contributed by atoms with E-state index in [4.69, 9.17) is 4.74 Å². The molecule has 0 N–H and O–H groups in total. The lowest BCUT2D eigenvalue weighted by Gasteiger charge is -2.49. The third kappa shape index (κ3) is 1.50. The van der Waals surface area contributed by atoms with Crippen LogP contribution in [0.25, 0.3) is 0 Å². The molecule has 2 saturated carbocycles. The van der Waals surface area contributed by atoms with Crippen molar-refractivity contribution in [2.45, 2.75) is 45.1 Å². The van der Waals surface area contributed by atoms with Gasteiger partial charge in [0.2, 0.25) is 0 Å². The standard InChI is InChI=1S/C15H20O2/c1-9-5-4-6-15(3)8-13-11(7-12(9)15)10(2)14(16)17-13/h11-13H,1-2,4-8H2,3H3/t11-,12-,13-,15+/m1/s1. The van der Waals surface area contributed by atoms with Crippen LogP contribution >= 0.6 is 0 Å². The Kier molecular flexibility index (Phi) is 2.26. The number of rotatable bonds is 0. The average molecular weight is 232 g/mol. The van der Waals surface area contributed by atoms with E-state index in [2.05, 4.69) is 20.1 Å². The van der Waals surface area contributed by atoms with Gasteiger partial charge in [0.25, 0.3) is 0 Å². The maximum absolute atomic E-state index is 11.6. The van der Waals surface area contributed by atoms with Crippen LogP contribution in [-0.4, -0.2) is 12.1 Å². The molecule has 0 spiro atoms. The quantitative estimate of drug-likeness (QED) is 0.364. The van der Waals surface area contributed by atoms with E-state index < -0.39 is 0 Å². The molecule has 0 aromatic carbocycles. The van der Waals surface area contributed by atoms with Gasteiger partial charge in [-0.3, -0.25) is 0 Å². The lowest BCUT2D eigenvalue weighted by molar-refractivity contribution is -0.142. The molecule has 0 aromatic rings. The fourth-order valence-corrected chi connectivity index (χ4v) is 4.12. The first-order valence-corrected chi connectivity index (χ1v) is 6.59. The number of hydrogen-bond acceptors (Lipinski definition) is 2. The molecule has 1 aliphatic heterocycles. The van der Waals surface area contributed by atoms with Crippen LogP contribution in [0.15, 0.2) is 24.3 Å². The molecule has 0 unspecified atom stereocenters. The molecule has 3 fully saturated rings. The largest absolute Gasteiger partial charge is 0.458 e. The molecule has 2 heteroatoms. The number of carbonyl (C=O) groups is 1. The first-order valence-electron chi connectivity index (χ1n) is 6.59. The number of fused-ring (bicyclic) bond motifs is 2. The van der Waals surface area contributed by atoms with Gasteiger partial charge in [0.1, 0.15) is 6.10 Å². The summed E-state index contributed by atoms with van der Waals surface area (Å²) in [5.74, 6) is 0.632. The maximum Gasteiger partial charge on any atom is 0.334 e. The Hall–Kier alpha value is -1.05. The number of carbonyl (C=O) groups excluding carboxylic acids is 1. The SMILES string of the molecule is C=C1C(=O)O[C@@H]2C[C@]3(C)CCCC(=C)[C@H]3C[C@H]12. The molecule has 2 aliphatic carbocycles. The summed E-state index contributed by atoms with van der Waals surface area (Å²) >= 11 is 0. The van der Waals surface area contributed by atoms with Gasteiger partial charge in [0, 0.05) is 11.5 Å². The molecule has 92 valence electrons. The van der Waals surface area contributed by atoms with Crippen LogP contribution < -0.4 is 0 Å². The summed E-state index contributed by atoms with van der Waals surface area (Å²) in [7, 11) is 0. The Balaban J connectivity index is 1.91. The maximum atomic E-state index is 11.6. The van der Waals surface area contributed by atoms with E-state index in [0.717, 1.165) is 19.3 Å². The van der Waals surface area contributed by atoms with Gasteiger partial charge < -0.3 is 4.74 Å². The lowest BCUT2D eigenvalue weighted by Crippen LogP contribution is -2.43. The van der Waals surface area contributed by atoms with Gasteiger partial charge in [-0.15, -0.1) is 0 Å². The number of allylic oxidation sites excluding steroid dienone is 1. The van der Waals surface area contributed by atoms with E-state index in [0.29, 0.717) is 16.9 Å². The zero-order chi connectivity index (χ0) is 12.2. The summed E-state index contributed by atoms with van der Waals surface area (Å²) in [6.45, 7) is 10.5. The van der Waals surface area contributed by atoms with Crippen LogP contribution in [0.5, 0.6) is 0 Å². The molecule has 0 amide bonds. The second kappa shape index (κ2) is 3.47. The van der Waals surface area contributed by atoms with Crippen LogP contribution in [0.2, 0.25) is 0 Å². The van der Waals surface area contributed by atoms with Crippen LogP contribution in [0, 0.1) is 17.3 Å². The molecule has 2 nitrogen and oxygen atoms in total. The molecule has 0 aromatic heterocycles. The first kappa shape index (κ1) is 11.1. The van der Waals surface area contributed by atoms with Crippen molar-refractivity contribution in [3.05, 3.63) is 24.3 Å².